The van der Waals surface area contributed by atoms with Crippen molar-refractivity contribution >= 4 is 18.4 Å². The molecule has 3 rings (SSSR count). The molecule has 1 saturated carbocycles. The Balaban J connectivity index is 0.000000980. The fourth-order valence-electron chi connectivity index (χ4n) is 2.78. The standard InChI is InChI=1S/C9H15NO3.ClH/c1-7(2)9(6(11)12)3-8(4-9,5-10)13-7;/h3-5,10H2,1-2H3,(H,11,12);1H. The van der Waals surface area contributed by atoms with Crippen LogP contribution in [0.3, 0.4) is 0 Å². The van der Waals surface area contributed by atoms with Crippen molar-refractivity contribution in [3.05, 3.63) is 0 Å². The second kappa shape index (κ2) is 2.84. The van der Waals surface area contributed by atoms with Crippen LogP contribution < -0.4 is 5.73 Å². The lowest BCUT2D eigenvalue weighted by atomic mass is 9.56. The molecule has 0 spiro atoms. The van der Waals surface area contributed by atoms with Crippen molar-refractivity contribution in [3.8, 4) is 0 Å². The van der Waals surface area contributed by atoms with Gasteiger partial charge in [-0.1, -0.05) is 0 Å². The van der Waals surface area contributed by atoms with Gasteiger partial charge in [-0.15, -0.1) is 12.4 Å². The zero-order valence-electron chi connectivity index (χ0n) is 8.37. The number of carbonyl (C=O) groups is 1. The molecule has 0 radical (unpaired) electrons. The van der Waals surface area contributed by atoms with E-state index in [9.17, 15) is 4.79 Å². The Labute approximate surface area is 89.2 Å². The van der Waals surface area contributed by atoms with Crippen molar-refractivity contribution in [2.24, 2.45) is 11.1 Å². The molecule has 0 unspecified atom stereocenters. The van der Waals surface area contributed by atoms with E-state index in [1.807, 2.05) is 13.8 Å². The van der Waals surface area contributed by atoms with Gasteiger partial charge >= 0.3 is 5.97 Å². The number of carboxylic acid groups (broad SMARTS) is 1. The maximum atomic E-state index is 11.1. The molecule has 3 N–H and O–H groups in total. The van der Waals surface area contributed by atoms with Crippen LogP contribution in [0.5, 0.6) is 0 Å². The first-order valence-electron chi connectivity index (χ1n) is 4.51. The maximum Gasteiger partial charge on any atom is 0.312 e. The van der Waals surface area contributed by atoms with Gasteiger partial charge in [0.15, 0.2) is 0 Å². The number of aliphatic carboxylic acids is 1. The summed E-state index contributed by atoms with van der Waals surface area (Å²) in [6.45, 7) is 4.10. The van der Waals surface area contributed by atoms with Crippen LogP contribution >= 0.6 is 12.4 Å². The number of hydrogen-bond acceptors (Lipinski definition) is 3. The molecule has 1 aliphatic carbocycles. The van der Waals surface area contributed by atoms with Crippen LogP contribution in [0.4, 0.5) is 0 Å². The first-order valence-corrected chi connectivity index (χ1v) is 4.51. The van der Waals surface area contributed by atoms with Gasteiger partial charge < -0.3 is 15.6 Å². The first-order chi connectivity index (χ1) is 5.88. The van der Waals surface area contributed by atoms with Crippen LogP contribution in [0.25, 0.3) is 0 Å². The van der Waals surface area contributed by atoms with E-state index < -0.39 is 17.0 Å². The summed E-state index contributed by atoms with van der Waals surface area (Å²) in [4.78, 5) is 11.1. The van der Waals surface area contributed by atoms with Gasteiger partial charge in [-0.3, -0.25) is 4.79 Å². The fourth-order valence-corrected chi connectivity index (χ4v) is 2.78. The lowest BCUT2D eigenvalue weighted by molar-refractivity contribution is -0.156. The molecule has 0 aromatic carbocycles. The molecule has 2 saturated heterocycles. The molecule has 2 aliphatic heterocycles. The molecule has 14 heavy (non-hydrogen) atoms. The van der Waals surface area contributed by atoms with Gasteiger partial charge in [0, 0.05) is 6.54 Å². The average molecular weight is 222 g/mol. The quantitative estimate of drug-likeness (QED) is 0.723. The van der Waals surface area contributed by atoms with E-state index >= 15 is 0 Å². The van der Waals surface area contributed by atoms with Crippen LogP contribution in [0.15, 0.2) is 0 Å². The highest BCUT2D eigenvalue weighted by molar-refractivity contribution is 5.85. The minimum Gasteiger partial charge on any atom is -0.481 e. The molecule has 3 fully saturated rings. The number of fused-ring (bicyclic) bond motifs is 1. The first kappa shape index (κ1) is 11.8. The Morgan fingerprint density at radius 2 is 2.00 bits per heavy atom. The monoisotopic (exact) mass is 221 g/mol. The van der Waals surface area contributed by atoms with Gasteiger partial charge in [0.1, 0.15) is 5.41 Å². The lowest BCUT2D eigenvalue weighted by Crippen LogP contribution is -2.55. The molecule has 4 nitrogen and oxygen atoms in total. The van der Waals surface area contributed by atoms with Gasteiger partial charge in [-0.2, -0.15) is 0 Å². The molecule has 82 valence electrons. The molecule has 0 aromatic rings. The largest absolute Gasteiger partial charge is 0.481 e. The van der Waals surface area contributed by atoms with Crippen LogP contribution in [0.1, 0.15) is 26.7 Å². The highest BCUT2D eigenvalue weighted by Crippen LogP contribution is 2.66. The third kappa shape index (κ3) is 1.05. The van der Waals surface area contributed by atoms with Crippen LogP contribution in [-0.2, 0) is 9.53 Å². The SMILES string of the molecule is CC1(C)OC2(CN)CC1(C(=O)O)C2.Cl. The van der Waals surface area contributed by atoms with E-state index in [1.165, 1.54) is 0 Å². The van der Waals surface area contributed by atoms with Gasteiger partial charge in [0.2, 0.25) is 0 Å². The topological polar surface area (TPSA) is 72.5 Å². The van der Waals surface area contributed by atoms with Crippen molar-refractivity contribution < 1.29 is 14.6 Å². The van der Waals surface area contributed by atoms with E-state index in [1.54, 1.807) is 0 Å². The molecule has 2 bridgehead atoms. The highest BCUT2D eigenvalue weighted by Gasteiger charge is 2.74. The summed E-state index contributed by atoms with van der Waals surface area (Å²) in [7, 11) is 0. The van der Waals surface area contributed by atoms with Gasteiger partial charge in [0.25, 0.3) is 0 Å². The molecule has 2 heterocycles. The molecule has 0 amide bonds. The van der Waals surface area contributed by atoms with Crippen LogP contribution in [0, 0.1) is 5.41 Å². The van der Waals surface area contributed by atoms with Crippen molar-refractivity contribution in [3.63, 3.8) is 0 Å². The smallest absolute Gasteiger partial charge is 0.312 e. The second-order valence-electron chi connectivity index (χ2n) is 4.74. The molecule has 3 aliphatic rings. The summed E-state index contributed by atoms with van der Waals surface area (Å²) in [5.74, 6) is -0.751. The summed E-state index contributed by atoms with van der Waals surface area (Å²) >= 11 is 0. The highest BCUT2D eigenvalue weighted by atomic mass is 35.5. The van der Waals surface area contributed by atoms with E-state index in [4.69, 9.17) is 15.6 Å². The Bertz CT molecular complexity index is 271. The van der Waals surface area contributed by atoms with Gasteiger partial charge in [0.05, 0.1) is 11.2 Å². The lowest BCUT2D eigenvalue weighted by Gasteiger charge is -2.42. The van der Waals surface area contributed by atoms with Gasteiger partial charge in [-0.05, 0) is 26.7 Å². The molecule has 5 heteroatoms. The number of hydrogen-bond donors (Lipinski definition) is 2. The third-order valence-corrected chi connectivity index (χ3v) is 3.65. The summed E-state index contributed by atoms with van der Waals surface area (Å²) < 4.78 is 5.72. The fraction of sp³-hybridized carbons (Fsp3) is 0.889. The van der Waals surface area contributed by atoms with Crippen LogP contribution in [0.2, 0.25) is 0 Å². The molecular weight excluding hydrogens is 206 g/mol. The van der Waals surface area contributed by atoms with Crippen LogP contribution in [-0.4, -0.2) is 28.8 Å². The zero-order chi connectivity index (χ0) is 9.91. The number of nitrogens with two attached hydrogens (primary N) is 1. The number of halogens is 1. The number of carboxylic acids is 1. The molecule has 0 aromatic heterocycles. The van der Waals surface area contributed by atoms with E-state index in [0.717, 1.165) is 0 Å². The molecule has 0 atom stereocenters. The predicted octanol–water partition coefficient (Wildman–Crippen LogP) is 0.779. The molecular formula is C9H16ClNO3. The van der Waals surface area contributed by atoms with Crippen molar-refractivity contribution in [1.82, 2.24) is 0 Å². The van der Waals surface area contributed by atoms with Crippen molar-refractivity contribution in [1.29, 1.82) is 0 Å². The normalized spacial score (nSPS) is 42.5. The minimum atomic E-state index is -0.751. The minimum absolute atomic E-state index is 0. The van der Waals surface area contributed by atoms with Crippen molar-refractivity contribution in [2.45, 2.75) is 37.9 Å². The Morgan fingerprint density at radius 3 is 2.21 bits per heavy atom. The number of rotatable bonds is 2. The zero-order valence-corrected chi connectivity index (χ0v) is 9.19. The Morgan fingerprint density at radius 1 is 1.50 bits per heavy atom. The van der Waals surface area contributed by atoms with Gasteiger partial charge in [-0.25, -0.2) is 0 Å². The van der Waals surface area contributed by atoms with E-state index in [2.05, 4.69) is 0 Å². The summed E-state index contributed by atoms with van der Waals surface area (Å²) in [5.41, 5.74) is 3.96. The summed E-state index contributed by atoms with van der Waals surface area (Å²) in [6.07, 6.45) is 1.14. The van der Waals surface area contributed by atoms with Crippen molar-refractivity contribution in [2.75, 3.05) is 6.54 Å². The van der Waals surface area contributed by atoms with E-state index in [0.29, 0.717) is 19.4 Å². The average Bonchev–Trinajstić information content (AvgIpc) is 2.29. The Kier molecular flexibility index (Phi) is 2.38. The third-order valence-electron chi connectivity index (χ3n) is 3.65. The summed E-state index contributed by atoms with van der Waals surface area (Å²) in [5, 5.41) is 9.14. The Hall–Kier alpha value is -0.320. The second-order valence-corrected chi connectivity index (χ2v) is 4.74. The van der Waals surface area contributed by atoms with E-state index in [-0.39, 0.29) is 18.0 Å². The number of ether oxygens (including phenoxy) is 1. The predicted molar refractivity (Wildman–Crippen MR) is 53.5 cm³/mol. The summed E-state index contributed by atoms with van der Waals surface area (Å²) in [6, 6.07) is 0. The maximum absolute atomic E-state index is 11.1.